The van der Waals surface area contributed by atoms with Crippen molar-refractivity contribution in [1.82, 2.24) is 14.1 Å². The first-order valence-corrected chi connectivity index (χ1v) is 12.1. The van der Waals surface area contributed by atoms with Gasteiger partial charge in [0.1, 0.15) is 0 Å². The third-order valence-electron chi connectivity index (χ3n) is 5.78. The molecule has 10 heteroatoms. The molecule has 0 aliphatic carbocycles. The van der Waals surface area contributed by atoms with Gasteiger partial charge < -0.3 is 5.11 Å². The van der Waals surface area contributed by atoms with E-state index in [1.54, 1.807) is 22.5 Å². The summed E-state index contributed by atoms with van der Waals surface area (Å²) in [6, 6.07) is 17.3. The van der Waals surface area contributed by atoms with Crippen LogP contribution in [0.25, 0.3) is 0 Å². The molecule has 6 nitrogen and oxygen atoms in total. The molecular weight excluding hydrogens is 525 g/mol. The molecule has 0 aromatic heterocycles. The highest BCUT2D eigenvalue weighted by molar-refractivity contribution is 9.10. The van der Waals surface area contributed by atoms with Crippen LogP contribution in [-0.2, 0) is 16.6 Å². The molecule has 0 radical (unpaired) electrons. The second-order valence-corrected chi connectivity index (χ2v) is 10.4. The van der Waals surface area contributed by atoms with Gasteiger partial charge in [-0.15, -0.1) is 24.8 Å². The van der Waals surface area contributed by atoms with Crippen LogP contribution in [0.15, 0.2) is 64.0 Å². The standard InChI is InChI=1S/C21H26BrN3O3S.2ClH/c22-18-8-4-5-9-21(18)29(27,28)25-12-10-24(11-13-25)19-15-23(16-20(19)26)14-17-6-2-1-3-7-17;;/h1-9,19-20,26H,10-16H2;2*1H/t19-,20-;;/m0../s1. The first kappa shape index (κ1) is 26.5. The number of nitrogens with zero attached hydrogens (tertiary/aromatic N) is 3. The van der Waals surface area contributed by atoms with Crippen LogP contribution >= 0.6 is 40.7 Å². The minimum atomic E-state index is -3.52. The molecule has 0 amide bonds. The van der Waals surface area contributed by atoms with Crippen LogP contribution in [-0.4, -0.2) is 79.0 Å². The van der Waals surface area contributed by atoms with Crippen molar-refractivity contribution in [2.24, 2.45) is 0 Å². The largest absolute Gasteiger partial charge is 0.390 e. The van der Waals surface area contributed by atoms with Crippen molar-refractivity contribution >= 4 is 50.8 Å². The smallest absolute Gasteiger partial charge is 0.244 e. The molecule has 2 fully saturated rings. The third-order valence-corrected chi connectivity index (χ3v) is 8.69. The molecule has 0 spiro atoms. The van der Waals surface area contributed by atoms with E-state index in [4.69, 9.17) is 0 Å². The lowest BCUT2D eigenvalue weighted by Crippen LogP contribution is -2.54. The molecule has 2 aliphatic heterocycles. The van der Waals surface area contributed by atoms with Crippen molar-refractivity contribution in [3.8, 4) is 0 Å². The van der Waals surface area contributed by atoms with E-state index in [1.807, 2.05) is 24.3 Å². The Morgan fingerprint density at radius 2 is 1.52 bits per heavy atom. The Kier molecular flexibility index (Phi) is 9.78. The lowest BCUT2D eigenvalue weighted by atomic mass is 10.1. The molecule has 2 aliphatic rings. The molecule has 0 bridgehead atoms. The quantitative estimate of drug-likeness (QED) is 0.618. The van der Waals surface area contributed by atoms with Crippen LogP contribution in [0.4, 0.5) is 0 Å². The van der Waals surface area contributed by atoms with Crippen molar-refractivity contribution in [3.63, 3.8) is 0 Å². The van der Waals surface area contributed by atoms with Crippen molar-refractivity contribution in [1.29, 1.82) is 0 Å². The van der Waals surface area contributed by atoms with E-state index in [2.05, 4.69) is 37.9 Å². The number of likely N-dealkylation sites (tertiary alicyclic amines) is 1. The molecule has 0 saturated carbocycles. The maximum absolute atomic E-state index is 13.0. The highest BCUT2D eigenvalue weighted by Crippen LogP contribution is 2.27. The summed E-state index contributed by atoms with van der Waals surface area (Å²) in [6.45, 7) is 4.40. The molecule has 31 heavy (non-hydrogen) atoms. The fourth-order valence-electron chi connectivity index (χ4n) is 4.25. The number of hydrogen-bond donors (Lipinski definition) is 1. The van der Waals surface area contributed by atoms with Gasteiger partial charge in [-0.3, -0.25) is 9.80 Å². The van der Waals surface area contributed by atoms with E-state index in [1.165, 1.54) is 5.56 Å². The Bertz CT molecular complexity index is 944. The Hall–Kier alpha value is -0.710. The van der Waals surface area contributed by atoms with E-state index in [9.17, 15) is 13.5 Å². The minimum Gasteiger partial charge on any atom is -0.390 e. The van der Waals surface area contributed by atoms with Gasteiger partial charge in [0, 0.05) is 56.3 Å². The number of halogens is 3. The number of benzene rings is 2. The first-order valence-electron chi connectivity index (χ1n) is 9.88. The van der Waals surface area contributed by atoms with Crippen LogP contribution < -0.4 is 0 Å². The summed E-state index contributed by atoms with van der Waals surface area (Å²) in [5, 5.41) is 10.6. The second kappa shape index (κ2) is 11.4. The monoisotopic (exact) mass is 551 g/mol. The molecule has 2 aromatic carbocycles. The van der Waals surface area contributed by atoms with Crippen molar-refractivity contribution in [2.75, 3.05) is 39.3 Å². The Morgan fingerprint density at radius 1 is 0.903 bits per heavy atom. The lowest BCUT2D eigenvalue weighted by Gasteiger charge is -2.38. The fraction of sp³-hybridized carbons (Fsp3) is 0.429. The highest BCUT2D eigenvalue weighted by atomic mass is 79.9. The normalized spacial score (nSPS) is 23.2. The van der Waals surface area contributed by atoms with Crippen LogP contribution in [0.2, 0.25) is 0 Å². The van der Waals surface area contributed by atoms with E-state index >= 15 is 0 Å². The zero-order valence-corrected chi connectivity index (χ0v) is 21.0. The molecule has 2 atom stereocenters. The molecule has 4 rings (SSSR count). The van der Waals surface area contributed by atoms with Crippen LogP contribution in [0.1, 0.15) is 5.56 Å². The number of sulfonamides is 1. The molecule has 2 saturated heterocycles. The third kappa shape index (κ3) is 6.00. The number of aliphatic hydroxyl groups excluding tert-OH is 1. The number of aliphatic hydroxyl groups is 1. The summed E-state index contributed by atoms with van der Waals surface area (Å²) in [5.41, 5.74) is 1.24. The van der Waals surface area contributed by atoms with Crippen LogP contribution in [0.3, 0.4) is 0 Å². The minimum absolute atomic E-state index is 0. The van der Waals surface area contributed by atoms with Crippen molar-refractivity contribution < 1.29 is 13.5 Å². The average molecular weight is 553 g/mol. The van der Waals surface area contributed by atoms with E-state index in [0.717, 1.165) is 13.1 Å². The molecular formula is C21H28BrCl2N3O3S. The summed E-state index contributed by atoms with van der Waals surface area (Å²) in [5.74, 6) is 0. The van der Waals surface area contributed by atoms with Gasteiger partial charge in [0.2, 0.25) is 10.0 Å². The van der Waals surface area contributed by atoms with Crippen LogP contribution in [0, 0.1) is 0 Å². The summed E-state index contributed by atoms with van der Waals surface area (Å²) in [6.07, 6.45) is -0.412. The molecule has 0 unspecified atom stereocenters. The van der Waals surface area contributed by atoms with E-state index in [0.29, 0.717) is 42.1 Å². The maximum Gasteiger partial charge on any atom is 0.244 e. The molecule has 172 valence electrons. The predicted octanol–water partition coefficient (Wildman–Crippen LogP) is 2.84. The average Bonchev–Trinajstić information content (AvgIpc) is 3.09. The Morgan fingerprint density at radius 3 is 2.16 bits per heavy atom. The van der Waals surface area contributed by atoms with Crippen LogP contribution in [0.5, 0.6) is 0 Å². The molecule has 2 heterocycles. The fourth-order valence-corrected chi connectivity index (χ4v) is 6.63. The predicted molar refractivity (Wildman–Crippen MR) is 130 cm³/mol. The number of β-amino-alcohol motifs (C(OH)–C–C–N with tert-alkyl or cyclic N) is 1. The zero-order chi connectivity index (χ0) is 20.4. The number of rotatable bonds is 5. The van der Waals surface area contributed by atoms with Gasteiger partial charge in [-0.05, 0) is 33.6 Å². The first-order chi connectivity index (χ1) is 13.9. The summed E-state index contributed by atoms with van der Waals surface area (Å²) >= 11 is 3.35. The van der Waals surface area contributed by atoms with E-state index < -0.39 is 16.1 Å². The maximum atomic E-state index is 13.0. The molecule has 2 aromatic rings. The van der Waals surface area contributed by atoms with Gasteiger partial charge in [0.15, 0.2) is 0 Å². The SMILES string of the molecule is Cl.Cl.O=S(=O)(c1ccccc1Br)N1CCN([C@H]2CN(Cc3ccccc3)C[C@@H]2O)CC1. The van der Waals surface area contributed by atoms with Gasteiger partial charge in [0.25, 0.3) is 0 Å². The Balaban J connectivity index is 0.00000171. The molecule has 1 N–H and O–H groups in total. The Labute approximate surface area is 205 Å². The summed E-state index contributed by atoms with van der Waals surface area (Å²) < 4.78 is 28.1. The van der Waals surface area contributed by atoms with Gasteiger partial charge >= 0.3 is 0 Å². The van der Waals surface area contributed by atoms with Gasteiger partial charge in [0.05, 0.1) is 11.0 Å². The number of piperazine rings is 1. The second-order valence-electron chi connectivity index (χ2n) is 7.68. The number of hydrogen-bond acceptors (Lipinski definition) is 5. The topological polar surface area (TPSA) is 64.1 Å². The van der Waals surface area contributed by atoms with E-state index in [-0.39, 0.29) is 30.9 Å². The van der Waals surface area contributed by atoms with Crippen molar-refractivity contribution in [3.05, 3.63) is 64.6 Å². The summed E-state index contributed by atoms with van der Waals surface area (Å²) in [7, 11) is -3.52. The van der Waals surface area contributed by atoms with Gasteiger partial charge in [-0.1, -0.05) is 42.5 Å². The zero-order valence-electron chi connectivity index (χ0n) is 17.0. The van der Waals surface area contributed by atoms with Gasteiger partial charge in [-0.2, -0.15) is 4.31 Å². The van der Waals surface area contributed by atoms with Crippen molar-refractivity contribution in [2.45, 2.75) is 23.6 Å². The highest BCUT2D eigenvalue weighted by Gasteiger charge is 2.38. The summed E-state index contributed by atoms with van der Waals surface area (Å²) in [4.78, 5) is 4.82. The lowest BCUT2D eigenvalue weighted by molar-refractivity contribution is 0.0618. The van der Waals surface area contributed by atoms with Gasteiger partial charge in [-0.25, -0.2) is 8.42 Å².